The fraction of sp³-hybridized carbons (Fsp3) is 0.462. The van der Waals surface area contributed by atoms with E-state index in [1.807, 2.05) is 30.3 Å². The summed E-state index contributed by atoms with van der Waals surface area (Å²) in [6.45, 7) is 0.840. The third-order valence-electron chi connectivity index (χ3n) is 2.91. The molecular weight excluding hydrogens is 216 g/mol. The van der Waals surface area contributed by atoms with E-state index in [-0.39, 0.29) is 12.7 Å². The summed E-state index contributed by atoms with van der Waals surface area (Å²) in [6.07, 6.45) is 1.55. The quantitative estimate of drug-likeness (QED) is 0.800. The second-order valence-corrected chi connectivity index (χ2v) is 4.30. The molecule has 0 radical (unpaired) electrons. The van der Waals surface area contributed by atoms with Crippen LogP contribution in [-0.4, -0.2) is 23.9 Å². The fourth-order valence-electron chi connectivity index (χ4n) is 1.88. The number of aliphatic hydroxyl groups excluding tert-OH is 1. The van der Waals surface area contributed by atoms with Crippen LogP contribution in [0.2, 0.25) is 0 Å². The highest BCUT2D eigenvalue weighted by Gasteiger charge is 2.26. The smallest absolute Gasteiger partial charge is 0.174 e. The highest BCUT2D eigenvalue weighted by Crippen LogP contribution is 2.20. The van der Waals surface area contributed by atoms with Crippen molar-refractivity contribution in [3.05, 3.63) is 29.8 Å². The van der Waals surface area contributed by atoms with E-state index in [2.05, 4.69) is 5.32 Å². The molecule has 2 N–H and O–H groups in total. The molecule has 0 aromatic heterocycles. The van der Waals surface area contributed by atoms with Crippen molar-refractivity contribution in [2.24, 2.45) is 0 Å². The highest BCUT2D eigenvalue weighted by atomic mass is 16.5. The lowest BCUT2D eigenvalue weighted by Crippen LogP contribution is -2.43. The Kier molecular flexibility index (Phi) is 3.97. The number of aliphatic hydroxyl groups is 1. The van der Waals surface area contributed by atoms with Crippen molar-refractivity contribution >= 4 is 0 Å². The van der Waals surface area contributed by atoms with Crippen LogP contribution in [0, 0.1) is 11.3 Å². The van der Waals surface area contributed by atoms with Crippen molar-refractivity contribution in [3.8, 4) is 11.8 Å². The van der Waals surface area contributed by atoms with Gasteiger partial charge in [0.05, 0.1) is 6.10 Å². The molecule has 0 unspecified atom stereocenters. The van der Waals surface area contributed by atoms with Gasteiger partial charge in [0.15, 0.2) is 6.61 Å². The van der Waals surface area contributed by atoms with E-state index in [4.69, 9.17) is 15.1 Å². The third kappa shape index (κ3) is 3.45. The Balaban J connectivity index is 1.81. The molecule has 0 heterocycles. The van der Waals surface area contributed by atoms with E-state index >= 15 is 0 Å². The van der Waals surface area contributed by atoms with Gasteiger partial charge >= 0.3 is 0 Å². The Morgan fingerprint density at radius 2 is 2.29 bits per heavy atom. The van der Waals surface area contributed by atoms with Crippen LogP contribution in [0.3, 0.4) is 0 Å². The van der Waals surface area contributed by atoms with Crippen LogP contribution in [-0.2, 0) is 6.54 Å². The minimum absolute atomic E-state index is 0.0751. The van der Waals surface area contributed by atoms with Gasteiger partial charge in [-0.2, -0.15) is 5.26 Å². The number of nitrogens with zero attached hydrogens (tertiary/aromatic N) is 1. The summed E-state index contributed by atoms with van der Waals surface area (Å²) in [5, 5.41) is 21.0. The van der Waals surface area contributed by atoms with Crippen molar-refractivity contribution in [1.82, 2.24) is 5.32 Å². The van der Waals surface area contributed by atoms with Crippen molar-refractivity contribution in [2.75, 3.05) is 6.61 Å². The SMILES string of the molecule is N#CCOc1cccc(CNC2CC(O)C2)c1. The maximum Gasteiger partial charge on any atom is 0.174 e. The molecule has 0 bridgehead atoms. The zero-order chi connectivity index (χ0) is 12.1. The van der Waals surface area contributed by atoms with E-state index in [1.165, 1.54) is 0 Å². The fourth-order valence-corrected chi connectivity index (χ4v) is 1.88. The van der Waals surface area contributed by atoms with Crippen molar-refractivity contribution in [1.29, 1.82) is 5.26 Å². The maximum absolute atomic E-state index is 9.17. The molecule has 1 saturated carbocycles. The number of hydrogen-bond acceptors (Lipinski definition) is 4. The van der Waals surface area contributed by atoms with Crippen molar-refractivity contribution < 1.29 is 9.84 Å². The van der Waals surface area contributed by atoms with Gasteiger partial charge < -0.3 is 15.2 Å². The first-order valence-electron chi connectivity index (χ1n) is 5.78. The number of benzene rings is 1. The Morgan fingerprint density at radius 3 is 3.00 bits per heavy atom. The van der Waals surface area contributed by atoms with E-state index in [0.717, 1.165) is 30.7 Å². The number of nitrogens with one attached hydrogen (secondary N) is 1. The molecule has 17 heavy (non-hydrogen) atoms. The zero-order valence-corrected chi connectivity index (χ0v) is 9.60. The first-order valence-corrected chi connectivity index (χ1v) is 5.78. The minimum atomic E-state index is -0.127. The Labute approximate surface area is 101 Å². The summed E-state index contributed by atoms with van der Waals surface area (Å²) >= 11 is 0. The monoisotopic (exact) mass is 232 g/mol. The predicted molar refractivity (Wildman–Crippen MR) is 63.4 cm³/mol. The summed E-state index contributed by atoms with van der Waals surface area (Å²) in [5.74, 6) is 0.722. The molecule has 4 heteroatoms. The molecule has 1 fully saturated rings. The Hall–Kier alpha value is -1.57. The average molecular weight is 232 g/mol. The largest absolute Gasteiger partial charge is 0.479 e. The van der Waals surface area contributed by atoms with Gasteiger partial charge in [-0.3, -0.25) is 0 Å². The van der Waals surface area contributed by atoms with Crippen LogP contribution < -0.4 is 10.1 Å². The van der Waals surface area contributed by atoms with Crippen LogP contribution >= 0.6 is 0 Å². The van der Waals surface area contributed by atoms with Crippen LogP contribution in [0.25, 0.3) is 0 Å². The predicted octanol–water partition coefficient (Wildman–Crippen LogP) is 1.20. The maximum atomic E-state index is 9.17. The van der Waals surface area contributed by atoms with Gasteiger partial charge in [-0.15, -0.1) is 0 Å². The van der Waals surface area contributed by atoms with Gasteiger partial charge in [0, 0.05) is 12.6 Å². The van der Waals surface area contributed by atoms with Gasteiger partial charge in [-0.05, 0) is 30.5 Å². The lowest BCUT2D eigenvalue weighted by molar-refractivity contribution is 0.0619. The second-order valence-electron chi connectivity index (χ2n) is 4.30. The number of hydrogen-bond donors (Lipinski definition) is 2. The van der Waals surface area contributed by atoms with Crippen LogP contribution in [0.5, 0.6) is 5.75 Å². The summed E-state index contributed by atoms with van der Waals surface area (Å²) < 4.78 is 5.23. The van der Waals surface area contributed by atoms with E-state index in [9.17, 15) is 0 Å². The van der Waals surface area contributed by atoms with E-state index in [1.54, 1.807) is 0 Å². The molecule has 1 aliphatic rings. The normalized spacial score (nSPS) is 22.6. The van der Waals surface area contributed by atoms with E-state index in [0.29, 0.717) is 6.04 Å². The van der Waals surface area contributed by atoms with Crippen molar-refractivity contribution in [3.63, 3.8) is 0 Å². The molecule has 90 valence electrons. The molecule has 0 amide bonds. The van der Waals surface area contributed by atoms with Gasteiger partial charge in [0.1, 0.15) is 11.8 Å². The molecule has 0 spiro atoms. The van der Waals surface area contributed by atoms with Gasteiger partial charge in [-0.1, -0.05) is 12.1 Å². The lowest BCUT2D eigenvalue weighted by atomic mass is 9.89. The average Bonchev–Trinajstić information content (AvgIpc) is 2.31. The third-order valence-corrected chi connectivity index (χ3v) is 2.91. The summed E-state index contributed by atoms with van der Waals surface area (Å²) in [5.41, 5.74) is 1.13. The molecule has 1 aromatic carbocycles. The lowest BCUT2D eigenvalue weighted by Gasteiger charge is -2.32. The number of nitriles is 1. The molecule has 0 atom stereocenters. The molecule has 0 aliphatic heterocycles. The highest BCUT2D eigenvalue weighted by molar-refractivity contribution is 5.28. The Bertz CT molecular complexity index is 408. The first-order chi connectivity index (χ1) is 8.28. The summed E-state index contributed by atoms with van der Waals surface area (Å²) in [7, 11) is 0. The molecule has 1 aromatic rings. The number of ether oxygens (including phenoxy) is 1. The minimum Gasteiger partial charge on any atom is -0.479 e. The second kappa shape index (κ2) is 5.67. The van der Waals surface area contributed by atoms with Crippen molar-refractivity contribution in [2.45, 2.75) is 31.5 Å². The zero-order valence-electron chi connectivity index (χ0n) is 9.60. The van der Waals surface area contributed by atoms with Gasteiger partial charge in [0.25, 0.3) is 0 Å². The van der Waals surface area contributed by atoms with Crippen LogP contribution in [0.1, 0.15) is 18.4 Å². The summed E-state index contributed by atoms with van der Waals surface area (Å²) in [4.78, 5) is 0. The first kappa shape index (κ1) is 11.9. The molecule has 4 nitrogen and oxygen atoms in total. The molecular formula is C13H16N2O2. The van der Waals surface area contributed by atoms with Crippen LogP contribution in [0.15, 0.2) is 24.3 Å². The molecule has 1 aliphatic carbocycles. The van der Waals surface area contributed by atoms with E-state index < -0.39 is 0 Å². The number of rotatable bonds is 5. The van der Waals surface area contributed by atoms with Gasteiger partial charge in [0.2, 0.25) is 0 Å². The standard InChI is InChI=1S/C13H16N2O2/c14-4-5-17-13-3-1-2-10(6-13)9-15-11-7-12(16)8-11/h1-3,6,11-12,15-16H,5,7-9H2. The molecule has 2 rings (SSSR count). The van der Waals surface area contributed by atoms with Crippen LogP contribution in [0.4, 0.5) is 0 Å². The molecule has 0 saturated heterocycles. The van der Waals surface area contributed by atoms with Gasteiger partial charge in [-0.25, -0.2) is 0 Å². The summed E-state index contributed by atoms with van der Waals surface area (Å²) in [6, 6.07) is 10.1. The topological polar surface area (TPSA) is 65.3 Å². The Morgan fingerprint density at radius 1 is 1.47 bits per heavy atom.